The molecule has 1 amide bonds. The van der Waals surface area contributed by atoms with Crippen LogP contribution in [0.1, 0.15) is 51.9 Å². The second kappa shape index (κ2) is 13.0. The Balaban J connectivity index is 1.53. The average Bonchev–Trinajstić information content (AvgIpc) is 2.92. The molecule has 1 aliphatic rings. The van der Waals surface area contributed by atoms with Gasteiger partial charge in [-0.3, -0.25) is 4.79 Å². The third-order valence-electron chi connectivity index (χ3n) is 6.47. The number of carbonyl (C=O) groups is 1. The number of ether oxygens (including phenoxy) is 4. The Bertz CT molecular complexity index is 1190. The second-order valence-corrected chi connectivity index (χ2v) is 9.12. The number of hydrogen-bond acceptors (Lipinski definition) is 6. The van der Waals surface area contributed by atoms with Gasteiger partial charge < -0.3 is 29.6 Å². The molecule has 196 valence electrons. The molecule has 0 unspecified atom stereocenters. The minimum absolute atomic E-state index is 0.158. The van der Waals surface area contributed by atoms with Gasteiger partial charge in [-0.1, -0.05) is 24.3 Å². The normalized spacial score (nSPS) is 13.9. The third-order valence-corrected chi connectivity index (χ3v) is 6.47. The molecule has 4 rings (SSSR count). The minimum Gasteiger partial charge on any atom is -0.493 e. The predicted molar refractivity (Wildman–Crippen MR) is 144 cm³/mol. The summed E-state index contributed by atoms with van der Waals surface area (Å²) >= 11 is 0. The fourth-order valence-corrected chi connectivity index (χ4v) is 4.53. The van der Waals surface area contributed by atoms with Gasteiger partial charge >= 0.3 is 0 Å². The van der Waals surface area contributed by atoms with E-state index in [1.165, 1.54) is 11.1 Å². The van der Waals surface area contributed by atoms with Crippen LogP contribution in [0.4, 0.5) is 0 Å². The molecule has 1 heterocycles. The Kier molecular flexibility index (Phi) is 9.27. The lowest BCUT2D eigenvalue weighted by Crippen LogP contribution is -2.23. The summed E-state index contributed by atoms with van der Waals surface area (Å²) in [6, 6.07) is 17.9. The molecular formula is C30H36N2O5. The first-order valence-electron chi connectivity index (χ1n) is 12.7. The van der Waals surface area contributed by atoms with Gasteiger partial charge in [-0.15, -0.1) is 0 Å². The van der Waals surface area contributed by atoms with Gasteiger partial charge in [0.1, 0.15) is 5.75 Å². The van der Waals surface area contributed by atoms with Crippen molar-refractivity contribution in [1.29, 1.82) is 0 Å². The molecule has 37 heavy (non-hydrogen) atoms. The number of carbonyl (C=O) groups excluding carboxylic acids is 1. The smallest absolute Gasteiger partial charge is 0.251 e. The van der Waals surface area contributed by atoms with Crippen molar-refractivity contribution in [2.24, 2.45) is 0 Å². The van der Waals surface area contributed by atoms with Gasteiger partial charge in [-0.05, 0) is 78.4 Å². The first-order chi connectivity index (χ1) is 18.1. The molecule has 0 aliphatic carbocycles. The maximum Gasteiger partial charge on any atom is 0.251 e. The van der Waals surface area contributed by atoms with Crippen molar-refractivity contribution in [1.82, 2.24) is 10.6 Å². The molecule has 0 atom stereocenters. The summed E-state index contributed by atoms with van der Waals surface area (Å²) in [5.74, 6) is 2.29. The Morgan fingerprint density at radius 3 is 2.46 bits per heavy atom. The zero-order chi connectivity index (χ0) is 26.0. The molecule has 0 aromatic heterocycles. The molecule has 0 fully saturated rings. The summed E-state index contributed by atoms with van der Waals surface area (Å²) in [6.45, 7) is 2.86. The Labute approximate surface area is 219 Å². The van der Waals surface area contributed by atoms with Crippen molar-refractivity contribution in [3.05, 3.63) is 82.4 Å². The number of benzene rings is 3. The van der Waals surface area contributed by atoms with Crippen LogP contribution in [0.15, 0.2) is 54.6 Å². The predicted octanol–water partition coefficient (Wildman–Crippen LogP) is 4.89. The maximum absolute atomic E-state index is 13.1. The summed E-state index contributed by atoms with van der Waals surface area (Å²) in [7, 11) is 4.71. The van der Waals surface area contributed by atoms with Gasteiger partial charge in [-0.25, -0.2) is 0 Å². The summed E-state index contributed by atoms with van der Waals surface area (Å²) < 4.78 is 22.4. The van der Waals surface area contributed by atoms with Crippen LogP contribution in [0.2, 0.25) is 0 Å². The number of nitrogens with one attached hydrogen (secondary N) is 2. The number of methoxy groups -OCH3 is 3. The Morgan fingerprint density at radius 2 is 1.70 bits per heavy atom. The summed E-state index contributed by atoms with van der Waals surface area (Å²) in [5, 5.41) is 6.53. The van der Waals surface area contributed by atoms with E-state index in [9.17, 15) is 4.79 Å². The van der Waals surface area contributed by atoms with Crippen LogP contribution in [-0.4, -0.2) is 40.4 Å². The molecule has 7 heteroatoms. The molecular weight excluding hydrogens is 468 g/mol. The Morgan fingerprint density at radius 1 is 0.919 bits per heavy atom. The molecule has 7 nitrogen and oxygen atoms in total. The zero-order valence-corrected chi connectivity index (χ0v) is 21.9. The Hall–Kier alpha value is -3.71. The lowest BCUT2D eigenvalue weighted by molar-refractivity contribution is 0.0950. The third kappa shape index (κ3) is 6.95. The van der Waals surface area contributed by atoms with Crippen molar-refractivity contribution < 1.29 is 23.7 Å². The van der Waals surface area contributed by atoms with Gasteiger partial charge in [0.25, 0.3) is 5.91 Å². The van der Waals surface area contributed by atoms with Gasteiger partial charge in [0.05, 0.1) is 27.9 Å². The molecule has 1 aliphatic heterocycles. The molecule has 0 radical (unpaired) electrons. The van der Waals surface area contributed by atoms with E-state index >= 15 is 0 Å². The van der Waals surface area contributed by atoms with E-state index in [-0.39, 0.29) is 5.91 Å². The highest BCUT2D eigenvalue weighted by molar-refractivity contribution is 5.94. The number of rotatable bonds is 6. The quantitative estimate of drug-likeness (QED) is 0.498. The van der Waals surface area contributed by atoms with Crippen molar-refractivity contribution in [3.8, 4) is 23.0 Å². The van der Waals surface area contributed by atoms with Crippen molar-refractivity contribution in [2.45, 2.75) is 38.8 Å². The topological polar surface area (TPSA) is 78.1 Å². The van der Waals surface area contributed by atoms with Crippen molar-refractivity contribution in [2.75, 3.05) is 34.5 Å². The van der Waals surface area contributed by atoms with E-state index in [4.69, 9.17) is 18.9 Å². The van der Waals surface area contributed by atoms with Crippen molar-refractivity contribution >= 4 is 5.91 Å². The highest BCUT2D eigenvalue weighted by atomic mass is 16.5. The first-order valence-corrected chi connectivity index (χ1v) is 12.7. The largest absolute Gasteiger partial charge is 0.493 e. The molecule has 2 N–H and O–H groups in total. The lowest BCUT2D eigenvalue weighted by atomic mass is 9.99. The van der Waals surface area contributed by atoms with E-state index in [0.717, 1.165) is 49.2 Å². The van der Waals surface area contributed by atoms with Crippen molar-refractivity contribution in [3.63, 3.8) is 0 Å². The minimum atomic E-state index is -0.158. The molecule has 0 saturated heterocycles. The van der Waals surface area contributed by atoms with E-state index in [2.05, 4.69) is 34.9 Å². The van der Waals surface area contributed by atoms with Gasteiger partial charge in [0.2, 0.25) is 5.75 Å². The number of fused-ring (bicyclic) bond motifs is 3. The van der Waals surface area contributed by atoms with E-state index < -0.39 is 0 Å². The van der Waals surface area contributed by atoms with E-state index in [0.29, 0.717) is 42.4 Å². The fourth-order valence-electron chi connectivity index (χ4n) is 4.53. The van der Waals surface area contributed by atoms with Crippen LogP contribution in [-0.2, 0) is 19.5 Å². The maximum atomic E-state index is 13.1. The van der Waals surface area contributed by atoms with Gasteiger partial charge in [-0.2, -0.15) is 0 Å². The van der Waals surface area contributed by atoms with Gasteiger partial charge in [0.15, 0.2) is 11.5 Å². The number of hydrogen-bond donors (Lipinski definition) is 2. The molecule has 2 bridgehead atoms. The van der Waals surface area contributed by atoms with Crippen LogP contribution in [0.5, 0.6) is 23.0 Å². The SMILES string of the molecule is COc1cc(CNC(=O)c2ccc3c(c2)Cc2cccc(c2)CNCCCCCO3)cc(OC)c1OC. The first kappa shape index (κ1) is 26.4. The highest BCUT2D eigenvalue weighted by Gasteiger charge is 2.15. The van der Waals surface area contributed by atoms with Crippen LogP contribution >= 0.6 is 0 Å². The van der Waals surface area contributed by atoms with Crippen LogP contribution in [0.25, 0.3) is 0 Å². The van der Waals surface area contributed by atoms with E-state index in [1.54, 1.807) is 21.3 Å². The van der Waals surface area contributed by atoms with Gasteiger partial charge in [0, 0.05) is 25.1 Å². The standard InChI is InChI=1S/C30H36N2O5/c1-34-27-16-23(17-28(35-2)29(27)36-3)20-32-30(33)24-10-11-26-25(18-24)15-21-8-7-9-22(14-21)19-31-12-5-4-6-13-37-26/h7-11,14,16-18,31H,4-6,12-13,15,19-20H2,1-3H3,(H,32,33). The van der Waals surface area contributed by atoms with E-state index in [1.807, 2.05) is 30.3 Å². The zero-order valence-electron chi connectivity index (χ0n) is 21.9. The van der Waals surface area contributed by atoms with Crippen LogP contribution in [0.3, 0.4) is 0 Å². The fraction of sp³-hybridized carbons (Fsp3) is 0.367. The summed E-state index contributed by atoms with van der Waals surface area (Å²) in [4.78, 5) is 13.1. The number of amides is 1. The molecule has 3 aromatic carbocycles. The second-order valence-electron chi connectivity index (χ2n) is 9.12. The highest BCUT2D eigenvalue weighted by Crippen LogP contribution is 2.38. The van der Waals surface area contributed by atoms with Crippen LogP contribution in [0, 0.1) is 0 Å². The molecule has 0 saturated carbocycles. The molecule has 3 aromatic rings. The summed E-state index contributed by atoms with van der Waals surface area (Å²) in [5.41, 5.74) is 4.89. The average molecular weight is 505 g/mol. The monoisotopic (exact) mass is 504 g/mol. The molecule has 0 spiro atoms. The summed E-state index contributed by atoms with van der Waals surface area (Å²) in [6.07, 6.45) is 3.94. The van der Waals surface area contributed by atoms with Crippen LogP contribution < -0.4 is 29.6 Å². The lowest BCUT2D eigenvalue weighted by Gasteiger charge is -2.16.